The van der Waals surface area contributed by atoms with Crippen LogP contribution in [0.1, 0.15) is 11.5 Å². The molecule has 0 spiro atoms. The summed E-state index contributed by atoms with van der Waals surface area (Å²) in [7, 11) is 0. The lowest BCUT2D eigenvalue weighted by Crippen LogP contribution is -2.51. The standard InChI is InChI=1S/C9H13N3O/c1-6-3-9(11-7(2)10-6)12-4-8(13)5-12/h3,8,13H,4-5H2,1-2H3. The third kappa shape index (κ3) is 1.62. The van der Waals surface area contributed by atoms with Crippen molar-refractivity contribution in [2.75, 3.05) is 18.0 Å². The molecule has 1 N–H and O–H groups in total. The molecule has 0 aromatic carbocycles. The van der Waals surface area contributed by atoms with E-state index in [0.717, 1.165) is 17.3 Å². The Bertz CT molecular complexity index is 300. The second kappa shape index (κ2) is 2.96. The number of anilines is 1. The van der Waals surface area contributed by atoms with Crippen LogP contribution in [0.15, 0.2) is 6.07 Å². The largest absolute Gasteiger partial charge is 0.389 e. The van der Waals surface area contributed by atoms with Gasteiger partial charge in [0.25, 0.3) is 0 Å². The van der Waals surface area contributed by atoms with E-state index in [1.807, 2.05) is 24.8 Å². The molecular weight excluding hydrogens is 166 g/mol. The van der Waals surface area contributed by atoms with Gasteiger partial charge in [-0.1, -0.05) is 0 Å². The van der Waals surface area contributed by atoms with E-state index in [1.54, 1.807) is 0 Å². The first-order chi connectivity index (χ1) is 6.15. The minimum atomic E-state index is -0.185. The average molecular weight is 179 g/mol. The predicted molar refractivity (Wildman–Crippen MR) is 49.7 cm³/mol. The third-order valence-electron chi connectivity index (χ3n) is 2.14. The molecule has 1 saturated heterocycles. The summed E-state index contributed by atoms with van der Waals surface area (Å²) in [6.45, 7) is 5.22. The topological polar surface area (TPSA) is 49.2 Å². The van der Waals surface area contributed by atoms with Crippen LogP contribution >= 0.6 is 0 Å². The summed E-state index contributed by atoms with van der Waals surface area (Å²) in [6, 6.07) is 1.94. The highest BCUT2D eigenvalue weighted by Crippen LogP contribution is 2.18. The van der Waals surface area contributed by atoms with E-state index >= 15 is 0 Å². The van der Waals surface area contributed by atoms with Crippen molar-refractivity contribution in [2.45, 2.75) is 20.0 Å². The molecule has 0 atom stereocenters. The lowest BCUT2D eigenvalue weighted by atomic mass is 10.2. The van der Waals surface area contributed by atoms with Gasteiger partial charge in [0.05, 0.1) is 6.10 Å². The van der Waals surface area contributed by atoms with Gasteiger partial charge in [-0.05, 0) is 13.8 Å². The Labute approximate surface area is 77.2 Å². The van der Waals surface area contributed by atoms with Gasteiger partial charge in [-0.25, -0.2) is 9.97 Å². The van der Waals surface area contributed by atoms with Crippen molar-refractivity contribution in [1.29, 1.82) is 0 Å². The summed E-state index contributed by atoms with van der Waals surface area (Å²) in [5.41, 5.74) is 0.976. The lowest BCUT2D eigenvalue weighted by molar-refractivity contribution is 0.141. The molecule has 0 bridgehead atoms. The second-order valence-corrected chi connectivity index (χ2v) is 3.47. The van der Waals surface area contributed by atoms with Crippen LogP contribution in [0.3, 0.4) is 0 Å². The van der Waals surface area contributed by atoms with Gasteiger partial charge in [0.15, 0.2) is 0 Å². The van der Waals surface area contributed by atoms with E-state index in [-0.39, 0.29) is 6.10 Å². The number of aliphatic hydroxyl groups is 1. The molecule has 1 aromatic rings. The van der Waals surface area contributed by atoms with E-state index < -0.39 is 0 Å². The molecule has 0 radical (unpaired) electrons. The zero-order valence-electron chi connectivity index (χ0n) is 7.86. The van der Waals surface area contributed by atoms with Gasteiger partial charge in [0.2, 0.25) is 0 Å². The zero-order chi connectivity index (χ0) is 9.42. The normalized spacial score (nSPS) is 17.3. The molecule has 0 saturated carbocycles. The molecule has 2 rings (SSSR count). The molecule has 4 heteroatoms. The average Bonchev–Trinajstić information content (AvgIpc) is 1.96. The molecule has 70 valence electrons. The number of aromatic nitrogens is 2. The maximum absolute atomic E-state index is 9.13. The summed E-state index contributed by atoms with van der Waals surface area (Å²) in [6.07, 6.45) is -0.185. The van der Waals surface area contributed by atoms with E-state index in [2.05, 4.69) is 9.97 Å². The molecule has 1 aliphatic rings. The fourth-order valence-electron chi connectivity index (χ4n) is 1.50. The first kappa shape index (κ1) is 8.44. The molecule has 1 aliphatic heterocycles. The van der Waals surface area contributed by atoms with Crippen LogP contribution in [0, 0.1) is 13.8 Å². The van der Waals surface area contributed by atoms with Crippen molar-refractivity contribution >= 4 is 5.82 Å². The van der Waals surface area contributed by atoms with Gasteiger partial charge >= 0.3 is 0 Å². The predicted octanol–water partition coefficient (Wildman–Crippen LogP) is 0.274. The highest BCUT2D eigenvalue weighted by molar-refractivity contribution is 5.42. The van der Waals surface area contributed by atoms with Crippen LogP contribution in [-0.2, 0) is 0 Å². The summed E-state index contributed by atoms with van der Waals surface area (Å²) < 4.78 is 0. The minimum Gasteiger partial charge on any atom is -0.389 e. The first-order valence-electron chi connectivity index (χ1n) is 4.40. The molecule has 0 amide bonds. The van der Waals surface area contributed by atoms with Crippen LogP contribution in [0.5, 0.6) is 0 Å². The van der Waals surface area contributed by atoms with Crippen molar-refractivity contribution in [3.05, 3.63) is 17.6 Å². The summed E-state index contributed by atoms with van der Waals surface area (Å²) >= 11 is 0. The monoisotopic (exact) mass is 179 g/mol. The number of aryl methyl sites for hydroxylation is 2. The molecule has 0 unspecified atom stereocenters. The SMILES string of the molecule is Cc1cc(N2CC(O)C2)nc(C)n1. The Balaban J connectivity index is 2.21. The molecule has 4 nitrogen and oxygen atoms in total. The van der Waals surface area contributed by atoms with Gasteiger partial charge in [-0.2, -0.15) is 0 Å². The Morgan fingerprint density at radius 2 is 2.08 bits per heavy atom. The fourth-order valence-corrected chi connectivity index (χ4v) is 1.50. The maximum atomic E-state index is 9.13. The van der Waals surface area contributed by atoms with Gasteiger partial charge in [-0.3, -0.25) is 0 Å². The minimum absolute atomic E-state index is 0.185. The molecule has 0 aliphatic carbocycles. The van der Waals surface area contributed by atoms with E-state index in [0.29, 0.717) is 13.1 Å². The van der Waals surface area contributed by atoms with Crippen LogP contribution in [-0.4, -0.2) is 34.3 Å². The third-order valence-corrected chi connectivity index (χ3v) is 2.14. The smallest absolute Gasteiger partial charge is 0.132 e. The van der Waals surface area contributed by atoms with Gasteiger partial charge < -0.3 is 10.0 Å². The van der Waals surface area contributed by atoms with Crippen molar-refractivity contribution in [2.24, 2.45) is 0 Å². The van der Waals surface area contributed by atoms with Crippen molar-refractivity contribution in [1.82, 2.24) is 9.97 Å². The molecule has 13 heavy (non-hydrogen) atoms. The molecule has 1 aromatic heterocycles. The highest BCUT2D eigenvalue weighted by Gasteiger charge is 2.25. The lowest BCUT2D eigenvalue weighted by Gasteiger charge is -2.36. The highest BCUT2D eigenvalue weighted by atomic mass is 16.3. The Hall–Kier alpha value is -1.16. The number of rotatable bonds is 1. The van der Waals surface area contributed by atoms with Crippen LogP contribution < -0.4 is 4.90 Å². The zero-order valence-corrected chi connectivity index (χ0v) is 7.86. The van der Waals surface area contributed by atoms with Crippen molar-refractivity contribution in [3.63, 3.8) is 0 Å². The van der Waals surface area contributed by atoms with Crippen LogP contribution in [0.4, 0.5) is 5.82 Å². The number of nitrogens with zero attached hydrogens (tertiary/aromatic N) is 3. The summed E-state index contributed by atoms with van der Waals surface area (Å²) in [5, 5.41) is 9.13. The Morgan fingerprint density at radius 1 is 1.38 bits per heavy atom. The number of hydrogen-bond donors (Lipinski definition) is 1. The van der Waals surface area contributed by atoms with E-state index in [1.165, 1.54) is 0 Å². The number of β-amino-alcohol motifs (C(OH)–C–C–N with tert-alkyl or cyclic N) is 1. The number of aliphatic hydroxyl groups excluding tert-OH is 1. The van der Waals surface area contributed by atoms with Crippen molar-refractivity contribution in [3.8, 4) is 0 Å². The first-order valence-corrected chi connectivity index (χ1v) is 4.40. The quantitative estimate of drug-likeness (QED) is 0.672. The Morgan fingerprint density at radius 3 is 2.62 bits per heavy atom. The summed E-state index contributed by atoms with van der Waals surface area (Å²) in [5.74, 6) is 1.71. The maximum Gasteiger partial charge on any atom is 0.132 e. The van der Waals surface area contributed by atoms with Crippen molar-refractivity contribution < 1.29 is 5.11 Å². The van der Waals surface area contributed by atoms with Gasteiger partial charge in [0, 0.05) is 24.8 Å². The molecule has 2 heterocycles. The Kier molecular flexibility index (Phi) is 1.92. The van der Waals surface area contributed by atoms with Crippen LogP contribution in [0.2, 0.25) is 0 Å². The van der Waals surface area contributed by atoms with Crippen LogP contribution in [0.25, 0.3) is 0 Å². The van der Waals surface area contributed by atoms with Gasteiger partial charge in [-0.15, -0.1) is 0 Å². The fraction of sp³-hybridized carbons (Fsp3) is 0.556. The van der Waals surface area contributed by atoms with Gasteiger partial charge in [0.1, 0.15) is 11.6 Å². The summed E-state index contributed by atoms with van der Waals surface area (Å²) in [4.78, 5) is 10.5. The number of hydrogen-bond acceptors (Lipinski definition) is 4. The van der Waals surface area contributed by atoms with E-state index in [9.17, 15) is 0 Å². The molecular formula is C9H13N3O. The second-order valence-electron chi connectivity index (χ2n) is 3.47. The van der Waals surface area contributed by atoms with E-state index in [4.69, 9.17) is 5.11 Å². The molecule has 1 fully saturated rings.